The van der Waals surface area contributed by atoms with Gasteiger partial charge in [-0.05, 0) is 12.8 Å². The highest BCUT2D eigenvalue weighted by atomic mass is 16.5. The van der Waals surface area contributed by atoms with Crippen LogP contribution in [0.5, 0.6) is 0 Å². The molecule has 7 heteroatoms. The number of piperazine rings is 1. The molecule has 3 aliphatic heterocycles. The van der Waals surface area contributed by atoms with Crippen LogP contribution in [0.4, 0.5) is 0 Å². The summed E-state index contributed by atoms with van der Waals surface area (Å²) in [6.07, 6.45) is 2.39. The summed E-state index contributed by atoms with van der Waals surface area (Å²) in [4.78, 5) is 22.5. The van der Waals surface area contributed by atoms with Gasteiger partial charge in [-0.15, -0.1) is 0 Å². The molecule has 3 rings (SSSR count). The van der Waals surface area contributed by atoms with Crippen LogP contribution in [0.25, 0.3) is 0 Å². The molecule has 0 radical (unpaired) electrons. The van der Waals surface area contributed by atoms with Crippen molar-refractivity contribution in [1.82, 2.24) is 20.0 Å². The molecule has 1 unspecified atom stereocenters. The van der Waals surface area contributed by atoms with Crippen LogP contribution < -0.4 is 5.32 Å². The van der Waals surface area contributed by atoms with Gasteiger partial charge in [0.1, 0.15) is 0 Å². The lowest BCUT2D eigenvalue weighted by Crippen LogP contribution is -2.50. The van der Waals surface area contributed by atoms with E-state index in [0.717, 1.165) is 71.5 Å². The molecule has 1 atom stereocenters. The molecule has 0 saturated carbocycles. The van der Waals surface area contributed by atoms with E-state index < -0.39 is 0 Å². The molecule has 1 amide bonds. The average molecular weight is 337 g/mol. The molecule has 0 aromatic carbocycles. The van der Waals surface area contributed by atoms with Crippen molar-refractivity contribution < 1.29 is 9.53 Å². The van der Waals surface area contributed by atoms with Gasteiger partial charge in [-0.2, -0.15) is 0 Å². The van der Waals surface area contributed by atoms with Gasteiger partial charge in [0.15, 0.2) is 5.96 Å². The molecule has 3 saturated heterocycles. The monoisotopic (exact) mass is 337 g/mol. The number of carbonyl (C=O) groups is 1. The van der Waals surface area contributed by atoms with Crippen LogP contribution >= 0.6 is 0 Å². The summed E-state index contributed by atoms with van der Waals surface area (Å²) in [5.41, 5.74) is 0.362. The number of likely N-dealkylation sites (tertiary alicyclic amines) is 1. The molecular formula is C17H31N5O2. The van der Waals surface area contributed by atoms with Crippen LogP contribution in [0, 0.1) is 5.41 Å². The zero-order chi connectivity index (χ0) is 17.0. The van der Waals surface area contributed by atoms with Gasteiger partial charge in [0.2, 0.25) is 5.91 Å². The molecular weight excluding hydrogens is 306 g/mol. The maximum atomic E-state index is 11.4. The summed E-state index contributed by atoms with van der Waals surface area (Å²) < 4.78 is 5.61. The van der Waals surface area contributed by atoms with Crippen molar-refractivity contribution in [3.8, 4) is 0 Å². The number of carbonyl (C=O) groups excluding carboxylic acids is 1. The molecule has 3 fully saturated rings. The third-order valence-corrected chi connectivity index (χ3v) is 5.66. The molecule has 7 nitrogen and oxygen atoms in total. The minimum Gasteiger partial charge on any atom is -0.381 e. The fourth-order valence-electron chi connectivity index (χ4n) is 4.03. The Morgan fingerprint density at radius 1 is 1.17 bits per heavy atom. The van der Waals surface area contributed by atoms with Crippen LogP contribution in [-0.4, -0.2) is 99.2 Å². The van der Waals surface area contributed by atoms with E-state index >= 15 is 0 Å². The van der Waals surface area contributed by atoms with Crippen molar-refractivity contribution in [2.45, 2.75) is 19.8 Å². The summed E-state index contributed by atoms with van der Waals surface area (Å²) in [7, 11) is 1.87. The largest absolute Gasteiger partial charge is 0.381 e. The zero-order valence-corrected chi connectivity index (χ0v) is 15.1. The van der Waals surface area contributed by atoms with Gasteiger partial charge >= 0.3 is 0 Å². The van der Waals surface area contributed by atoms with Crippen molar-refractivity contribution in [2.75, 3.05) is 72.6 Å². The molecule has 0 bridgehead atoms. The third kappa shape index (κ3) is 4.00. The predicted molar refractivity (Wildman–Crippen MR) is 94.1 cm³/mol. The molecule has 3 heterocycles. The van der Waals surface area contributed by atoms with Crippen molar-refractivity contribution in [3.63, 3.8) is 0 Å². The Labute approximate surface area is 145 Å². The average Bonchev–Trinajstić information content (AvgIpc) is 3.22. The highest BCUT2D eigenvalue weighted by Crippen LogP contribution is 2.38. The van der Waals surface area contributed by atoms with E-state index in [1.807, 2.05) is 11.9 Å². The van der Waals surface area contributed by atoms with Crippen LogP contribution in [0.3, 0.4) is 0 Å². The molecule has 1 spiro atoms. The lowest BCUT2D eigenvalue weighted by Gasteiger charge is -2.34. The molecule has 1 N–H and O–H groups in total. The zero-order valence-electron chi connectivity index (χ0n) is 15.1. The van der Waals surface area contributed by atoms with E-state index in [1.165, 1.54) is 12.8 Å². The molecule has 3 aliphatic rings. The number of rotatable bonds is 3. The maximum Gasteiger partial charge on any atom is 0.219 e. The Morgan fingerprint density at radius 3 is 2.58 bits per heavy atom. The smallest absolute Gasteiger partial charge is 0.219 e. The summed E-state index contributed by atoms with van der Waals surface area (Å²) in [6.45, 7) is 11.1. The Hall–Kier alpha value is -1.34. The van der Waals surface area contributed by atoms with E-state index in [4.69, 9.17) is 4.74 Å². The van der Waals surface area contributed by atoms with E-state index in [1.54, 1.807) is 6.92 Å². The van der Waals surface area contributed by atoms with Gasteiger partial charge in [-0.25, -0.2) is 0 Å². The first kappa shape index (κ1) is 17.5. The molecule has 0 aromatic heterocycles. The number of hydrogen-bond donors (Lipinski definition) is 1. The van der Waals surface area contributed by atoms with Gasteiger partial charge in [0, 0.05) is 78.4 Å². The first-order chi connectivity index (χ1) is 11.6. The Kier molecular flexibility index (Phi) is 5.61. The number of nitrogens with zero attached hydrogens (tertiary/aromatic N) is 4. The van der Waals surface area contributed by atoms with Gasteiger partial charge in [-0.1, -0.05) is 0 Å². The normalized spacial score (nSPS) is 28.8. The SMILES string of the molecule is CN=C(NCCN1CCN(C(C)=O)CC1)N1CCC2(CCOC2)C1. The van der Waals surface area contributed by atoms with Gasteiger partial charge in [0.05, 0.1) is 6.61 Å². The minimum absolute atomic E-state index is 0.187. The van der Waals surface area contributed by atoms with Crippen molar-refractivity contribution in [1.29, 1.82) is 0 Å². The van der Waals surface area contributed by atoms with Crippen molar-refractivity contribution in [2.24, 2.45) is 10.4 Å². The lowest BCUT2D eigenvalue weighted by atomic mass is 9.87. The lowest BCUT2D eigenvalue weighted by molar-refractivity contribution is -0.130. The van der Waals surface area contributed by atoms with Crippen LogP contribution in [0.2, 0.25) is 0 Å². The summed E-state index contributed by atoms with van der Waals surface area (Å²) in [5, 5.41) is 3.51. The van der Waals surface area contributed by atoms with Crippen molar-refractivity contribution >= 4 is 11.9 Å². The predicted octanol–water partition coefficient (Wildman–Crippen LogP) is -0.162. The molecule has 136 valence electrons. The topological polar surface area (TPSA) is 60.4 Å². The summed E-state index contributed by atoms with van der Waals surface area (Å²) in [5.74, 6) is 1.20. The number of nitrogens with one attached hydrogen (secondary N) is 1. The van der Waals surface area contributed by atoms with Crippen LogP contribution in [0.15, 0.2) is 4.99 Å². The van der Waals surface area contributed by atoms with Gasteiger partial charge in [-0.3, -0.25) is 14.7 Å². The second-order valence-electron chi connectivity index (χ2n) is 7.30. The summed E-state index contributed by atoms with van der Waals surface area (Å²) >= 11 is 0. The number of amides is 1. The second-order valence-corrected chi connectivity index (χ2v) is 7.30. The number of guanidine groups is 1. The molecule has 0 aliphatic carbocycles. The third-order valence-electron chi connectivity index (χ3n) is 5.66. The Morgan fingerprint density at radius 2 is 1.96 bits per heavy atom. The highest BCUT2D eigenvalue weighted by molar-refractivity contribution is 5.80. The fraction of sp³-hybridized carbons (Fsp3) is 0.882. The highest BCUT2D eigenvalue weighted by Gasteiger charge is 2.42. The fourth-order valence-corrected chi connectivity index (χ4v) is 4.03. The first-order valence-corrected chi connectivity index (χ1v) is 9.13. The number of hydrogen-bond acceptors (Lipinski definition) is 4. The van der Waals surface area contributed by atoms with E-state index in [0.29, 0.717) is 5.41 Å². The number of ether oxygens (including phenoxy) is 1. The maximum absolute atomic E-state index is 11.4. The molecule has 0 aromatic rings. The Bertz CT molecular complexity index is 468. The minimum atomic E-state index is 0.187. The second kappa shape index (κ2) is 7.70. The van der Waals surface area contributed by atoms with E-state index in [9.17, 15) is 4.79 Å². The van der Waals surface area contributed by atoms with Crippen LogP contribution in [0.1, 0.15) is 19.8 Å². The van der Waals surface area contributed by atoms with Gasteiger partial charge in [0.25, 0.3) is 0 Å². The Balaban J connectivity index is 1.39. The van der Waals surface area contributed by atoms with E-state index in [2.05, 4.69) is 20.1 Å². The first-order valence-electron chi connectivity index (χ1n) is 9.13. The standard InChI is InChI=1S/C17H31N5O2/c1-15(23)21-10-8-20(9-11-21)7-5-19-16(18-2)22-6-3-17(13-22)4-12-24-14-17/h3-14H2,1-2H3,(H,18,19). The van der Waals surface area contributed by atoms with Gasteiger partial charge < -0.3 is 19.9 Å². The number of aliphatic imine (C=N–C) groups is 1. The van der Waals surface area contributed by atoms with Crippen molar-refractivity contribution in [3.05, 3.63) is 0 Å². The van der Waals surface area contributed by atoms with Crippen LogP contribution in [-0.2, 0) is 9.53 Å². The van der Waals surface area contributed by atoms with E-state index in [-0.39, 0.29) is 5.91 Å². The quantitative estimate of drug-likeness (QED) is 0.573. The molecule has 24 heavy (non-hydrogen) atoms. The summed E-state index contributed by atoms with van der Waals surface area (Å²) in [6, 6.07) is 0.